The largest absolute Gasteiger partial charge is 0.508 e. The van der Waals surface area contributed by atoms with Crippen LogP contribution in [-0.2, 0) is 0 Å². The Labute approximate surface area is 177 Å². The molecule has 0 saturated carbocycles. The molecule has 0 aliphatic carbocycles. The summed E-state index contributed by atoms with van der Waals surface area (Å²) >= 11 is 6.34. The summed E-state index contributed by atoms with van der Waals surface area (Å²) in [5, 5.41) is 29.4. The van der Waals surface area contributed by atoms with Gasteiger partial charge in [-0.25, -0.2) is 0 Å². The van der Waals surface area contributed by atoms with Crippen molar-refractivity contribution in [1.82, 2.24) is 5.48 Å². The maximum Gasteiger partial charge on any atom is 0.151 e. The molecule has 0 aliphatic heterocycles. The number of nitrogens with one attached hydrogen (secondary N) is 2. The minimum absolute atomic E-state index is 0.117. The van der Waals surface area contributed by atoms with Crippen molar-refractivity contribution in [2.75, 3.05) is 0 Å². The normalized spacial score (nSPS) is 10.7. The van der Waals surface area contributed by atoms with E-state index in [0.717, 1.165) is 22.6 Å². The topological polar surface area (TPSA) is 93.4 Å². The average molecular weight is 417 g/mol. The van der Waals surface area contributed by atoms with E-state index in [1.165, 1.54) is 0 Å². The second kappa shape index (κ2) is 7.99. The van der Waals surface area contributed by atoms with Crippen LogP contribution in [-0.4, -0.2) is 22.4 Å². The zero-order chi connectivity index (χ0) is 21.3. The number of aromatic hydroxyl groups is 1. The lowest BCUT2D eigenvalue weighted by atomic mass is 9.86. The molecule has 6 heteroatoms. The lowest BCUT2D eigenvalue weighted by molar-refractivity contribution is 0.112. The van der Waals surface area contributed by atoms with Crippen LogP contribution in [0.5, 0.6) is 5.75 Å². The van der Waals surface area contributed by atoms with Gasteiger partial charge in [0.05, 0.1) is 0 Å². The van der Waals surface area contributed by atoms with Crippen molar-refractivity contribution in [3.8, 4) is 28.0 Å². The second-order valence-corrected chi connectivity index (χ2v) is 7.21. The van der Waals surface area contributed by atoms with Crippen LogP contribution in [0.2, 0.25) is 5.02 Å². The summed E-state index contributed by atoms with van der Waals surface area (Å²) in [5.74, 6) is -0.135. The Morgan fingerprint density at radius 1 is 0.967 bits per heavy atom. The first-order chi connectivity index (χ1) is 14.5. The molecule has 0 heterocycles. The summed E-state index contributed by atoms with van der Waals surface area (Å²) in [6, 6.07) is 21.2. The van der Waals surface area contributed by atoms with E-state index in [-0.39, 0.29) is 11.6 Å². The molecule has 0 spiro atoms. The number of amidine groups is 1. The van der Waals surface area contributed by atoms with Crippen molar-refractivity contribution in [2.45, 2.75) is 0 Å². The van der Waals surface area contributed by atoms with Gasteiger partial charge < -0.3 is 5.11 Å². The summed E-state index contributed by atoms with van der Waals surface area (Å²) in [5.41, 5.74) is 5.28. The first kappa shape index (κ1) is 19.6. The fourth-order valence-electron chi connectivity index (χ4n) is 3.66. The highest BCUT2D eigenvalue weighted by Gasteiger charge is 2.20. The van der Waals surface area contributed by atoms with E-state index in [9.17, 15) is 15.1 Å². The first-order valence-electron chi connectivity index (χ1n) is 9.12. The number of phenolic OH excluding ortho intramolecular Hbond substituents is 1. The molecule has 0 aliphatic rings. The molecule has 0 aromatic heterocycles. The zero-order valence-electron chi connectivity index (χ0n) is 15.7. The molecule has 0 unspecified atom stereocenters. The van der Waals surface area contributed by atoms with Crippen LogP contribution in [0, 0.1) is 5.41 Å². The van der Waals surface area contributed by atoms with Gasteiger partial charge >= 0.3 is 0 Å². The first-order valence-corrected chi connectivity index (χ1v) is 9.50. The van der Waals surface area contributed by atoms with Crippen molar-refractivity contribution in [1.29, 1.82) is 5.41 Å². The Kier molecular flexibility index (Phi) is 5.23. The van der Waals surface area contributed by atoms with Gasteiger partial charge in [0.15, 0.2) is 6.29 Å². The van der Waals surface area contributed by atoms with Crippen LogP contribution in [0.3, 0.4) is 0 Å². The molecule has 0 fully saturated rings. The summed E-state index contributed by atoms with van der Waals surface area (Å²) in [6.07, 6.45) is 0.798. The summed E-state index contributed by atoms with van der Waals surface area (Å²) in [4.78, 5) is 12.1. The molecule has 4 aromatic rings. The number of hydrogen-bond donors (Lipinski definition) is 4. The predicted octanol–water partition coefficient (Wildman–Crippen LogP) is 5.65. The van der Waals surface area contributed by atoms with E-state index in [1.54, 1.807) is 36.4 Å². The number of aldehydes is 1. The van der Waals surface area contributed by atoms with Crippen LogP contribution in [0.1, 0.15) is 15.9 Å². The maximum absolute atomic E-state index is 12.1. The van der Waals surface area contributed by atoms with Crippen LogP contribution in [0.4, 0.5) is 0 Å². The Bertz CT molecular complexity index is 1280. The van der Waals surface area contributed by atoms with E-state index >= 15 is 0 Å². The Morgan fingerprint density at radius 3 is 2.40 bits per heavy atom. The van der Waals surface area contributed by atoms with Gasteiger partial charge in [-0.3, -0.25) is 20.9 Å². The van der Waals surface area contributed by atoms with Gasteiger partial charge in [0.2, 0.25) is 0 Å². The number of halogens is 1. The lowest BCUT2D eigenvalue weighted by Crippen LogP contribution is -2.20. The van der Waals surface area contributed by atoms with E-state index < -0.39 is 0 Å². The molecule has 0 saturated heterocycles. The van der Waals surface area contributed by atoms with Crippen molar-refractivity contribution in [3.63, 3.8) is 0 Å². The monoisotopic (exact) mass is 416 g/mol. The smallest absolute Gasteiger partial charge is 0.151 e. The van der Waals surface area contributed by atoms with Gasteiger partial charge in [-0.15, -0.1) is 0 Å². The number of hydroxylamine groups is 1. The molecule has 0 bridgehead atoms. The van der Waals surface area contributed by atoms with E-state index in [2.05, 4.69) is 0 Å². The fourth-order valence-corrected chi connectivity index (χ4v) is 3.88. The van der Waals surface area contributed by atoms with Gasteiger partial charge in [0.25, 0.3) is 0 Å². The number of carbonyl (C=O) groups excluding carboxylic acids is 1. The number of benzene rings is 4. The van der Waals surface area contributed by atoms with Crippen molar-refractivity contribution in [3.05, 3.63) is 88.9 Å². The predicted molar refractivity (Wildman–Crippen MR) is 119 cm³/mol. The molecule has 4 aromatic carbocycles. The van der Waals surface area contributed by atoms with Gasteiger partial charge in [-0.1, -0.05) is 60.1 Å². The van der Waals surface area contributed by atoms with Crippen LogP contribution in [0.15, 0.2) is 72.8 Å². The molecule has 0 atom stereocenters. The Hall–Kier alpha value is -3.67. The summed E-state index contributed by atoms with van der Waals surface area (Å²) in [6.45, 7) is 0. The third-order valence-electron chi connectivity index (χ3n) is 5.02. The summed E-state index contributed by atoms with van der Waals surface area (Å²) < 4.78 is 0. The number of carbonyl (C=O) groups is 1. The molecule has 30 heavy (non-hydrogen) atoms. The second-order valence-electron chi connectivity index (χ2n) is 6.78. The lowest BCUT2D eigenvalue weighted by Gasteiger charge is -2.19. The van der Waals surface area contributed by atoms with Gasteiger partial charge in [0.1, 0.15) is 11.6 Å². The molecule has 148 valence electrons. The summed E-state index contributed by atoms with van der Waals surface area (Å²) in [7, 11) is 0. The van der Waals surface area contributed by atoms with Crippen LogP contribution in [0.25, 0.3) is 33.0 Å². The van der Waals surface area contributed by atoms with Crippen molar-refractivity contribution in [2.24, 2.45) is 0 Å². The number of phenols is 1. The number of rotatable bonds is 4. The standard InChI is InChI=1S/C24H17ClN2O3/c25-16-11-20(15-5-8-17(29)9-6-15)23(21(12-16)24(26)27-30)19-10-7-14-3-1-2-4-18(14)22(19)13-28/h1-13,29-30H,(H2,26,27). The van der Waals surface area contributed by atoms with E-state index in [4.69, 9.17) is 17.0 Å². The maximum atomic E-state index is 12.1. The average Bonchev–Trinajstić information content (AvgIpc) is 2.77. The van der Waals surface area contributed by atoms with Crippen molar-refractivity contribution >= 4 is 34.5 Å². The molecular formula is C24H17ClN2O3. The molecule has 4 rings (SSSR count). The highest BCUT2D eigenvalue weighted by atomic mass is 35.5. The highest BCUT2D eigenvalue weighted by molar-refractivity contribution is 6.32. The van der Waals surface area contributed by atoms with Crippen LogP contribution < -0.4 is 5.48 Å². The third-order valence-corrected chi connectivity index (χ3v) is 5.24. The van der Waals surface area contributed by atoms with E-state index in [0.29, 0.717) is 32.8 Å². The minimum atomic E-state index is -0.252. The molecule has 5 nitrogen and oxygen atoms in total. The van der Waals surface area contributed by atoms with Gasteiger partial charge in [0, 0.05) is 21.7 Å². The molecular weight excluding hydrogens is 400 g/mol. The SMILES string of the molecule is N=C(NO)c1cc(Cl)cc(-c2ccc(O)cc2)c1-c1ccc2ccccc2c1C=O. The number of fused-ring (bicyclic) bond motifs is 1. The van der Waals surface area contributed by atoms with Gasteiger partial charge in [-0.05, 0) is 51.7 Å². The quantitative estimate of drug-likeness (QED) is 0.150. The molecule has 4 N–H and O–H groups in total. The van der Waals surface area contributed by atoms with Crippen molar-refractivity contribution < 1.29 is 15.1 Å². The number of hydrogen-bond acceptors (Lipinski definition) is 4. The van der Waals surface area contributed by atoms with Gasteiger partial charge in [-0.2, -0.15) is 0 Å². The van der Waals surface area contributed by atoms with Crippen LogP contribution >= 0.6 is 11.6 Å². The Balaban J connectivity index is 2.13. The zero-order valence-corrected chi connectivity index (χ0v) is 16.4. The molecule has 0 radical (unpaired) electrons. The molecule has 0 amide bonds. The minimum Gasteiger partial charge on any atom is -0.508 e. The Morgan fingerprint density at radius 2 is 1.70 bits per heavy atom. The highest BCUT2D eigenvalue weighted by Crippen LogP contribution is 2.40. The fraction of sp³-hybridized carbons (Fsp3) is 0. The van der Waals surface area contributed by atoms with E-state index in [1.807, 2.05) is 41.9 Å². The third kappa shape index (κ3) is 3.41.